The number of nitrogens with one attached hydrogen (secondary N) is 1. The molecule has 27 heavy (non-hydrogen) atoms. The average Bonchev–Trinajstić information content (AvgIpc) is 2.62. The Morgan fingerprint density at radius 3 is 2.37 bits per heavy atom. The van der Waals surface area contributed by atoms with E-state index in [-0.39, 0.29) is 18.6 Å². The molecule has 0 spiro atoms. The molecule has 6 heteroatoms. The first-order valence-electron chi connectivity index (χ1n) is 8.80. The van der Waals surface area contributed by atoms with Crippen molar-refractivity contribution < 1.29 is 19.0 Å². The fraction of sp³-hybridized carbons (Fsp3) is 0.381. The maximum Gasteiger partial charge on any atom is 0.258 e. The first-order valence-corrected chi connectivity index (χ1v) is 9.17. The van der Waals surface area contributed by atoms with Crippen LogP contribution in [0.4, 0.5) is 0 Å². The van der Waals surface area contributed by atoms with Crippen molar-refractivity contribution in [2.45, 2.75) is 40.3 Å². The van der Waals surface area contributed by atoms with E-state index >= 15 is 0 Å². The second kappa shape index (κ2) is 9.51. The van der Waals surface area contributed by atoms with Gasteiger partial charge in [0.25, 0.3) is 5.91 Å². The smallest absolute Gasteiger partial charge is 0.258 e. The molecule has 0 aliphatic carbocycles. The summed E-state index contributed by atoms with van der Waals surface area (Å²) in [6.45, 7) is 8.03. The highest BCUT2D eigenvalue weighted by Gasteiger charge is 2.10. The third-order valence-corrected chi connectivity index (χ3v) is 4.46. The van der Waals surface area contributed by atoms with Gasteiger partial charge in [-0.3, -0.25) is 4.79 Å². The molecule has 0 bridgehead atoms. The van der Waals surface area contributed by atoms with Gasteiger partial charge >= 0.3 is 0 Å². The molecule has 0 aromatic heterocycles. The minimum atomic E-state index is -0.207. The molecule has 1 amide bonds. The predicted octanol–water partition coefficient (Wildman–Crippen LogP) is 4.45. The second-order valence-electron chi connectivity index (χ2n) is 6.59. The lowest BCUT2D eigenvalue weighted by molar-refractivity contribution is -0.123. The Morgan fingerprint density at radius 2 is 1.78 bits per heavy atom. The van der Waals surface area contributed by atoms with E-state index in [1.54, 1.807) is 7.11 Å². The van der Waals surface area contributed by atoms with Gasteiger partial charge in [0.2, 0.25) is 0 Å². The molecule has 0 aliphatic rings. The van der Waals surface area contributed by atoms with Gasteiger partial charge in [0.15, 0.2) is 18.1 Å². The maximum absolute atomic E-state index is 12.1. The van der Waals surface area contributed by atoms with E-state index in [0.29, 0.717) is 28.8 Å². The van der Waals surface area contributed by atoms with Crippen molar-refractivity contribution in [3.05, 3.63) is 52.0 Å². The summed E-state index contributed by atoms with van der Waals surface area (Å²) < 4.78 is 16.6. The zero-order valence-corrected chi connectivity index (χ0v) is 17.1. The number of hydrogen-bond acceptors (Lipinski definition) is 4. The Labute approximate surface area is 165 Å². The van der Waals surface area contributed by atoms with Crippen molar-refractivity contribution >= 4 is 17.5 Å². The van der Waals surface area contributed by atoms with Crippen LogP contribution in [0.3, 0.4) is 0 Å². The molecule has 2 aromatic rings. The Hall–Kier alpha value is -2.40. The zero-order valence-electron chi connectivity index (χ0n) is 16.4. The van der Waals surface area contributed by atoms with E-state index in [4.69, 9.17) is 25.8 Å². The van der Waals surface area contributed by atoms with Gasteiger partial charge in [0, 0.05) is 11.6 Å². The number of ether oxygens (including phenoxy) is 3. The molecule has 2 rings (SSSR count). The van der Waals surface area contributed by atoms with Gasteiger partial charge in [-0.2, -0.15) is 0 Å². The first-order chi connectivity index (χ1) is 12.8. The van der Waals surface area contributed by atoms with Crippen LogP contribution in [-0.2, 0) is 11.3 Å². The fourth-order valence-corrected chi connectivity index (χ4v) is 2.67. The van der Waals surface area contributed by atoms with E-state index in [2.05, 4.69) is 5.32 Å². The normalized spacial score (nSPS) is 10.6. The molecule has 0 aliphatic heterocycles. The summed E-state index contributed by atoms with van der Waals surface area (Å²) in [6, 6.07) is 9.23. The number of aryl methyl sites for hydroxylation is 2. The van der Waals surface area contributed by atoms with Gasteiger partial charge in [-0.25, -0.2) is 0 Å². The van der Waals surface area contributed by atoms with Crippen molar-refractivity contribution in [1.82, 2.24) is 5.32 Å². The van der Waals surface area contributed by atoms with E-state index in [1.807, 2.05) is 58.0 Å². The summed E-state index contributed by atoms with van der Waals surface area (Å²) in [6.07, 6.45) is 0.0572. The Morgan fingerprint density at radius 1 is 1.11 bits per heavy atom. The summed E-state index contributed by atoms with van der Waals surface area (Å²) in [4.78, 5) is 12.1. The predicted molar refractivity (Wildman–Crippen MR) is 107 cm³/mol. The molecule has 2 aromatic carbocycles. The topological polar surface area (TPSA) is 56.8 Å². The quantitative estimate of drug-likeness (QED) is 0.722. The summed E-state index contributed by atoms with van der Waals surface area (Å²) in [5, 5.41) is 3.55. The molecule has 0 fully saturated rings. The van der Waals surface area contributed by atoms with E-state index in [0.717, 1.165) is 16.7 Å². The Bertz CT molecular complexity index is 782. The van der Waals surface area contributed by atoms with Gasteiger partial charge in [0.05, 0.1) is 13.2 Å². The van der Waals surface area contributed by atoms with Crippen molar-refractivity contribution in [3.63, 3.8) is 0 Å². The zero-order chi connectivity index (χ0) is 20.0. The van der Waals surface area contributed by atoms with E-state index in [1.165, 1.54) is 0 Å². The van der Waals surface area contributed by atoms with Crippen molar-refractivity contribution in [3.8, 4) is 17.2 Å². The van der Waals surface area contributed by atoms with Crippen LogP contribution in [0.15, 0.2) is 30.3 Å². The molecule has 0 unspecified atom stereocenters. The molecule has 1 N–H and O–H groups in total. The molecule has 0 atom stereocenters. The number of methoxy groups -OCH3 is 1. The molecular formula is C21H26ClNO4. The largest absolute Gasteiger partial charge is 0.493 e. The van der Waals surface area contributed by atoms with Gasteiger partial charge in [-0.05, 0) is 68.7 Å². The van der Waals surface area contributed by atoms with Gasteiger partial charge in [0.1, 0.15) is 5.75 Å². The number of carbonyl (C=O) groups excluding carboxylic acids is 1. The average molecular weight is 392 g/mol. The van der Waals surface area contributed by atoms with E-state index in [9.17, 15) is 4.79 Å². The van der Waals surface area contributed by atoms with Crippen molar-refractivity contribution in [2.24, 2.45) is 0 Å². The minimum Gasteiger partial charge on any atom is -0.493 e. The summed E-state index contributed by atoms with van der Waals surface area (Å²) in [5.74, 6) is 1.74. The SMILES string of the molecule is COc1cc(CNC(=O)COc2cc(C)c(Cl)c(C)c2)ccc1OC(C)C. The number of hydrogen-bond donors (Lipinski definition) is 1. The highest BCUT2D eigenvalue weighted by molar-refractivity contribution is 6.32. The standard InChI is InChI=1S/C21H26ClNO4/c1-13(2)27-18-7-6-16(10-19(18)25-5)11-23-20(24)12-26-17-8-14(3)21(22)15(4)9-17/h6-10,13H,11-12H2,1-5H3,(H,23,24). The molecule has 0 saturated carbocycles. The molecule has 146 valence electrons. The van der Waals surface area contributed by atoms with Crippen LogP contribution >= 0.6 is 11.6 Å². The number of amides is 1. The highest BCUT2D eigenvalue weighted by Crippen LogP contribution is 2.29. The summed E-state index contributed by atoms with van der Waals surface area (Å²) in [7, 11) is 1.59. The molecule has 0 heterocycles. The molecule has 5 nitrogen and oxygen atoms in total. The van der Waals surface area contributed by atoms with Crippen LogP contribution < -0.4 is 19.5 Å². The van der Waals surface area contributed by atoms with Crippen LogP contribution in [0.1, 0.15) is 30.5 Å². The number of benzene rings is 2. The van der Waals surface area contributed by atoms with Crippen LogP contribution in [0.5, 0.6) is 17.2 Å². The second-order valence-corrected chi connectivity index (χ2v) is 6.97. The highest BCUT2D eigenvalue weighted by atomic mass is 35.5. The third-order valence-electron chi connectivity index (χ3n) is 3.86. The van der Waals surface area contributed by atoms with Crippen LogP contribution in [0, 0.1) is 13.8 Å². The maximum atomic E-state index is 12.1. The van der Waals surface area contributed by atoms with E-state index < -0.39 is 0 Å². The van der Waals surface area contributed by atoms with Crippen LogP contribution in [0.2, 0.25) is 5.02 Å². The Balaban J connectivity index is 1.90. The van der Waals surface area contributed by atoms with Gasteiger partial charge in [-0.1, -0.05) is 17.7 Å². The lowest BCUT2D eigenvalue weighted by atomic mass is 10.1. The summed E-state index contributed by atoms with van der Waals surface area (Å²) in [5.41, 5.74) is 2.75. The minimum absolute atomic E-state index is 0.0572. The Kier molecular flexibility index (Phi) is 7.36. The van der Waals surface area contributed by atoms with Gasteiger partial charge < -0.3 is 19.5 Å². The molecule has 0 radical (unpaired) electrons. The number of rotatable bonds is 8. The van der Waals surface area contributed by atoms with Crippen LogP contribution in [0.25, 0.3) is 0 Å². The fourth-order valence-electron chi connectivity index (χ4n) is 2.56. The third kappa shape index (κ3) is 6.07. The monoisotopic (exact) mass is 391 g/mol. The lowest BCUT2D eigenvalue weighted by Crippen LogP contribution is -2.28. The molecule has 0 saturated heterocycles. The molecular weight excluding hydrogens is 366 g/mol. The van der Waals surface area contributed by atoms with Gasteiger partial charge in [-0.15, -0.1) is 0 Å². The first kappa shape index (κ1) is 20.9. The van der Waals surface area contributed by atoms with Crippen molar-refractivity contribution in [1.29, 1.82) is 0 Å². The lowest BCUT2D eigenvalue weighted by Gasteiger charge is -2.15. The van der Waals surface area contributed by atoms with Crippen molar-refractivity contribution in [2.75, 3.05) is 13.7 Å². The number of carbonyl (C=O) groups is 1. The summed E-state index contributed by atoms with van der Waals surface area (Å²) >= 11 is 6.14. The number of halogens is 1. The van der Waals surface area contributed by atoms with Crippen LogP contribution in [-0.4, -0.2) is 25.7 Å².